The molecular formula is C28H33N5O3. The molecule has 4 bridgehead atoms. The molecule has 4 aliphatic carbocycles. The first-order valence-corrected chi connectivity index (χ1v) is 13.2. The molecule has 0 N–H and O–H groups in total. The van der Waals surface area contributed by atoms with Crippen LogP contribution in [0.25, 0.3) is 28.2 Å². The van der Waals surface area contributed by atoms with Crippen LogP contribution in [-0.2, 0) is 20.6 Å². The Bertz CT molecular complexity index is 1580. The second kappa shape index (κ2) is 7.60. The average Bonchev–Trinajstić information content (AvgIpc) is 3.41. The summed E-state index contributed by atoms with van der Waals surface area (Å²) in [5.74, 6) is 4.26. The van der Waals surface area contributed by atoms with E-state index >= 15 is 0 Å². The molecule has 4 aliphatic rings. The Kier molecular flexibility index (Phi) is 4.64. The molecule has 4 aromatic rings. The lowest BCUT2D eigenvalue weighted by Crippen LogP contribution is -2.46. The fraction of sp³-hybridized carbons (Fsp3) is 0.536. The number of nitrogens with zero attached hydrogens (tertiary/aromatic N) is 5. The Balaban J connectivity index is 1.38. The predicted molar refractivity (Wildman–Crippen MR) is 138 cm³/mol. The summed E-state index contributed by atoms with van der Waals surface area (Å²) in [5.41, 5.74) is 2.72. The summed E-state index contributed by atoms with van der Waals surface area (Å²) in [4.78, 5) is 30.6. The van der Waals surface area contributed by atoms with Crippen LogP contribution in [0.3, 0.4) is 0 Å². The SMILES string of the molecule is COc1ccc(-c2cn3c4c(=O)n(C)c(=O)n(C)c4nc3n2CCC23CC4CC(CC(C4)C2)C3)cc1. The summed E-state index contributed by atoms with van der Waals surface area (Å²) >= 11 is 0. The summed E-state index contributed by atoms with van der Waals surface area (Å²) in [7, 11) is 4.88. The number of aromatic nitrogens is 5. The summed E-state index contributed by atoms with van der Waals surface area (Å²) in [6.07, 6.45) is 11.5. The molecule has 36 heavy (non-hydrogen) atoms. The van der Waals surface area contributed by atoms with Crippen molar-refractivity contribution in [2.75, 3.05) is 7.11 Å². The maximum absolute atomic E-state index is 13.2. The largest absolute Gasteiger partial charge is 0.497 e. The first kappa shape index (κ1) is 21.9. The van der Waals surface area contributed by atoms with Crippen molar-refractivity contribution in [3.63, 3.8) is 0 Å². The van der Waals surface area contributed by atoms with E-state index in [0.29, 0.717) is 16.6 Å². The van der Waals surface area contributed by atoms with Crippen LogP contribution in [0.4, 0.5) is 0 Å². The van der Waals surface area contributed by atoms with Crippen LogP contribution in [0.15, 0.2) is 40.1 Å². The van der Waals surface area contributed by atoms with Gasteiger partial charge in [-0.1, -0.05) is 0 Å². The van der Waals surface area contributed by atoms with Gasteiger partial charge in [-0.25, -0.2) is 4.79 Å². The molecule has 188 valence electrons. The first-order chi connectivity index (χ1) is 17.4. The monoisotopic (exact) mass is 487 g/mol. The Morgan fingerprint density at radius 1 is 0.972 bits per heavy atom. The molecule has 0 atom stereocenters. The molecule has 1 aromatic carbocycles. The molecule has 0 aliphatic heterocycles. The van der Waals surface area contributed by atoms with Crippen LogP contribution >= 0.6 is 0 Å². The number of hydrogen-bond acceptors (Lipinski definition) is 4. The Morgan fingerprint density at radius 2 is 1.61 bits per heavy atom. The fourth-order valence-corrected chi connectivity index (χ4v) is 8.17. The van der Waals surface area contributed by atoms with Crippen LogP contribution < -0.4 is 16.0 Å². The topological polar surface area (TPSA) is 75.5 Å². The second-order valence-corrected chi connectivity index (χ2v) is 11.7. The molecule has 0 saturated heterocycles. The van der Waals surface area contributed by atoms with Crippen LogP contribution in [0.5, 0.6) is 5.75 Å². The standard InChI is InChI=1S/C28H33N5O3/c1-30-24-23(25(34)31(2)27(30)35)33-16-22(20-4-6-21(36-3)7-5-20)32(26(33)29-24)9-8-28-13-17-10-18(14-28)12-19(11-17)15-28/h4-7,16-19H,8-15H2,1-3H3. The molecule has 3 heterocycles. The third-order valence-corrected chi connectivity index (χ3v) is 9.47. The van der Waals surface area contributed by atoms with Gasteiger partial charge in [-0.05, 0) is 92.4 Å². The van der Waals surface area contributed by atoms with E-state index in [9.17, 15) is 9.59 Å². The van der Waals surface area contributed by atoms with E-state index in [2.05, 4.69) is 16.7 Å². The third kappa shape index (κ3) is 3.09. The van der Waals surface area contributed by atoms with Gasteiger partial charge in [0.1, 0.15) is 5.75 Å². The van der Waals surface area contributed by atoms with Crippen molar-refractivity contribution in [1.29, 1.82) is 0 Å². The highest BCUT2D eigenvalue weighted by atomic mass is 16.5. The molecule has 4 saturated carbocycles. The number of imidazole rings is 2. The van der Waals surface area contributed by atoms with Crippen molar-refractivity contribution in [2.24, 2.45) is 37.3 Å². The zero-order chi connectivity index (χ0) is 24.8. The van der Waals surface area contributed by atoms with Crippen molar-refractivity contribution in [3.05, 3.63) is 51.3 Å². The molecular weight excluding hydrogens is 454 g/mol. The number of aryl methyl sites for hydroxylation is 2. The molecule has 8 rings (SSSR count). The van der Waals surface area contributed by atoms with E-state index in [1.54, 1.807) is 14.2 Å². The average molecular weight is 488 g/mol. The summed E-state index contributed by atoms with van der Waals surface area (Å²) in [6, 6.07) is 8.06. The first-order valence-electron chi connectivity index (χ1n) is 13.2. The van der Waals surface area contributed by atoms with Gasteiger partial charge in [-0.3, -0.25) is 18.3 Å². The van der Waals surface area contributed by atoms with Crippen molar-refractivity contribution in [2.45, 2.75) is 51.5 Å². The number of methoxy groups -OCH3 is 1. The number of ether oxygens (including phenoxy) is 1. The lowest BCUT2D eigenvalue weighted by atomic mass is 9.49. The molecule has 3 aromatic heterocycles. The minimum atomic E-state index is -0.358. The van der Waals surface area contributed by atoms with Crippen molar-refractivity contribution < 1.29 is 4.74 Å². The van der Waals surface area contributed by atoms with Gasteiger partial charge >= 0.3 is 5.69 Å². The van der Waals surface area contributed by atoms with Crippen LogP contribution in [0.1, 0.15) is 44.9 Å². The number of rotatable bonds is 5. The second-order valence-electron chi connectivity index (χ2n) is 11.7. The normalized spacial score (nSPS) is 26.9. The van der Waals surface area contributed by atoms with E-state index in [1.807, 2.05) is 22.7 Å². The van der Waals surface area contributed by atoms with Crippen LogP contribution in [0.2, 0.25) is 0 Å². The van der Waals surface area contributed by atoms with Gasteiger partial charge in [0, 0.05) is 32.4 Å². The molecule has 0 unspecified atom stereocenters. The van der Waals surface area contributed by atoms with Gasteiger partial charge in [-0.15, -0.1) is 0 Å². The van der Waals surface area contributed by atoms with E-state index in [-0.39, 0.29) is 11.2 Å². The number of hydrogen-bond donors (Lipinski definition) is 0. The quantitative estimate of drug-likeness (QED) is 0.427. The van der Waals surface area contributed by atoms with Gasteiger partial charge < -0.3 is 9.30 Å². The van der Waals surface area contributed by atoms with Gasteiger partial charge in [-0.2, -0.15) is 4.98 Å². The highest BCUT2D eigenvalue weighted by Crippen LogP contribution is 2.61. The van der Waals surface area contributed by atoms with Crippen molar-refractivity contribution >= 4 is 16.9 Å². The lowest BCUT2D eigenvalue weighted by molar-refractivity contribution is -0.0590. The number of benzene rings is 1. The highest BCUT2D eigenvalue weighted by Gasteiger charge is 2.50. The van der Waals surface area contributed by atoms with E-state index < -0.39 is 0 Å². The smallest absolute Gasteiger partial charge is 0.332 e. The maximum atomic E-state index is 13.2. The molecule has 8 heteroatoms. The zero-order valence-corrected chi connectivity index (χ0v) is 21.2. The van der Waals surface area contributed by atoms with E-state index in [1.165, 1.54) is 50.1 Å². The molecule has 0 spiro atoms. The Hall–Kier alpha value is -3.29. The van der Waals surface area contributed by atoms with E-state index in [4.69, 9.17) is 9.72 Å². The van der Waals surface area contributed by atoms with Crippen LogP contribution in [-0.4, -0.2) is 30.2 Å². The minimum Gasteiger partial charge on any atom is -0.497 e. The zero-order valence-electron chi connectivity index (χ0n) is 21.2. The summed E-state index contributed by atoms with van der Waals surface area (Å²) < 4.78 is 12.2. The molecule has 0 amide bonds. The summed E-state index contributed by atoms with van der Waals surface area (Å²) in [6.45, 7) is 0.849. The molecule has 8 nitrogen and oxygen atoms in total. The van der Waals surface area contributed by atoms with E-state index in [0.717, 1.165) is 58.1 Å². The van der Waals surface area contributed by atoms with Gasteiger partial charge in [0.25, 0.3) is 5.56 Å². The van der Waals surface area contributed by atoms with Crippen molar-refractivity contribution in [1.82, 2.24) is 23.1 Å². The van der Waals surface area contributed by atoms with Gasteiger partial charge in [0.05, 0.1) is 12.8 Å². The van der Waals surface area contributed by atoms with Gasteiger partial charge in [0.15, 0.2) is 11.2 Å². The minimum absolute atomic E-state index is 0.319. The van der Waals surface area contributed by atoms with Crippen LogP contribution in [0, 0.1) is 23.2 Å². The molecule has 4 fully saturated rings. The van der Waals surface area contributed by atoms with Crippen molar-refractivity contribution in [3.8, 4) is 17.0 Å². The fourth-order valence-electron chi connectivity index (χ4n) is 8.17. The lowest BCUT2D eigenvalue weighted by Gasteiger charge is -2.57. The van der Waals surface area contributed by atoms with Gasteiger partial charge in [0.2, 0.25) is 5.78 Å². The highest BCUT2D eigenvalue weighted by molar-refractivity contribution is 5.78. The third-order valence-electron chi connectivity index (χ3n) is 9.47. The predicted octanol–water partition coefficient (Wildman–Crippen LogP) is 3.97. The molecule has 0 radical (unpaired) electrons. The number of fused-ring (bicyclic) bond motifs is 3. The maximum Gasteiger partial charge on any atom is 0.332 e. The Morgan fingerprint density at radius 3 is 2.22 bits per heavy atom. The Labute approximate surface area is 209 Å². The summed E-state index contributed by atoms with van der Waals surface area (Å²) in [5, 5.41) is 0.